The fraction of sp³-hybridized carbons (Fsp3) is 0.769. The summed E-state index contributed by atoms with van der Waals surface area (Å²) in [6.07, 6.45) is 7.33. The van der Waals surface area contributed by atoms with E-state index in [1.54, 1.807) is 0 Å². The Kier molecular flexibility index (Phi) is 5.81. The SMILES string of the molecule is O=C(CCC1CCNCC1)NCCCc1ncn[nH]1. The molecule has 2 heterocycles. The van der Waals surface area contributed by atoms with E-state index in [0.717, 1.165) is 44.1 Å². The molecule has 2 rings (SSSR count). The van der Waals surface area contributed by atoms with Crippen molar-refractivity contribution in [3.05, 3.63) is 12.2 Å². The lowest BCUT2D eigenvalue weighted by Crippen LogP contribution is -2.29. The van der Waals surface area contributed by atoms with Gasteiger partial charge < -0.3 is 10.6 Å². The highest BCUT2D eigenvalue weighted by molar-refractivity contribution is 5.75. The Hall–Kier alpha value is -1.43. The number of carbonyl (C=O) groups excluding carboxylic acids is 1. The first kappa shape index (κ1) is 14.0. The van der Waals surface area contributed by atoms with Crippen LogP contribution >= 0.6 is 0 Å². The van der Waals surface area contributed by atoms with Gasteiger partial charge in [-0.2, -0.15) is 5.10 Å². The van der Waals surface area contributed by atoms with Crippen molar-refractivity contribution in [2.75, 3.05) is 19.6 Å². The molecule has 1 fully saturated rings. The number of hydrogen-bond acceptors (Lipinski definition) is 4. The highest BCUT2D eigenvalue weighted by Gasteiger charge is 2.14. The summed E-state index contributed by atoms with van der Waals surface area (Å²) in [4.78, 5) is 15.7. The Bertz CT molecular complexity index is 359. The molecule has 106 valence electrons. The van der Waals surface area contributed by atoms with Gasteiger partial charge in [-0.1, -0.05) is 0 Å². The van der Waals surface area contributed by atoms with Crippen molar-refractivity contribution in [3.63, 3.8) is 0 Å². The summed E-state index contributed by atoms with van der Waals surface area (Å²) in [6, 6.07) is 0. The van der Waals surface area contributed by atoms with Crippen molar-refractivity contribution in [2.45, 2.75) is 38.5 Å². The fourth-order valence-electron chi connectivity index (χ4n) is 2.43. The minimum atomic E-state index is 0.177. The average molecular weight is 265 g/mol. The molecule has 1 amide bonds. The lowest BCUT2D eigenvalue weighted by atomic mass is 9.93. The molecule has 1 aliphatic heterocycles. The summed E-state index contributed by atoms with van der Waals surface area (Å²) in [5, 5.41) is 12.9. The van der Waals surface area contributed by atoms with Gasteiger partial charge in [0.05, 0.1) is 0 Å². The molecule has 1 aromatic heterocycles. The highest BCUT2D eigenvalue weighted by Crippen LogP contribution is 2.17. The zero-order chi connectivity index (χ0) is 13.3. The third-order valence-corrected chi connectivity index (χ3v) is 3.62. The van der Waals surface area contributed by atoms with Crippen molar-refractivity contribution < 1.29 is 4.79 Å². The van der Waals surface area contributed by atoms with Crippen LogP contribution in [0.25, 0.3) is 0 Å². The summed E-state index contributed by atoms with van der Waals surface area (Å²) < 4.78 is 0. The van der Waals surface area contributed by atoms with Gasteiger partial charge in [-0.05, 0) is 44.7 Å². The monoisotopic (exact) mass is 265 g/mol. The molecule has 0 bridgehead atoms. The normalized spacial score (nSPS) is 16.4. The van der Waals surface area contributed by atoms with E-state index in [2.05, 4.69) is 25.8 Å². The van der Waals surface area contributed by atoms with Crippen LogP contribution in [0.5, 0.6) is 0 Å². The lowest BCUT2D eigenvalue weighted by molar-refractivity contribution is -0.121. The second kappa shape index (κ2) is 7.89. The van der Waals surface area contributed by atoms with Gasteiger partial charge in [0.15, 0.2) is 0 Å². The number of rotatable bonds is 7. The van der Waals surface area contributed by atoms with Gasteiger partial charge in [-0.3, -0.25) is 9.89 Å². The quantitative estimate of drug-likeness (QED) is 0.632. The Morgan fingerprint density at radius 2 is 2.26 bits per heavy atom. The first-order chi connectivity index (χ1) is 9.34. The number of H-pyrrole nitrogens is 1. The molecule has 1 saturated heterocycles. The van der Waals surface area contributed by atoms with E-state index < -0.39 is 0 Å². The number of aromatic amines is 1. The maximum Gasteiger partial charge on any atom is 0.220 e. The van der Waals surface area contributed by atoms with Crippen molar-refractivity contribution in [3.8, 4) is 0 Å². The summed E-state index contributed by atoms with van der Waals surface area (Å²) >= 11 is 0. The lowest BCUT2D eigenvalue weighted by Gasteiger charge is -2.22. The molecule has 6 nitrogen and oxygen atoms in total. The van der Waals surface area contributed by atoms with Gasteiger partial charge in [0, 0.05) is 19.4 Å². The Morgan fingerprint density at radius 3 is 3.00 bits per heavy atom. The molecular formula is C13H23N5O. The number of carbonyl (C=O) groups is 1. The minimum absolute atomic E-state index is 0.177. The smallest absolute Gasteiger partial charge is 0.220 e. The molecule has 19 heavy (non-hydrogen) atoms. The summed E-state index contributed by atoms with van der Waals surface area (Å²) in [5.74, 6) is 1.78. The molecule has 0 atom stereocenters. The Labute approximate surface area is 113 Å². The van der Waals surface area contributed by atoms with E-state index in [9.17, 15) is 4.79 Å². The van der Waals surface area contributed by atoms with E-state index in [1.807, 2.05) is 0 Å². The van der Waals surface area contributed by atoms with Crippen LogP contribution in [0.4, 0.5) is 0 Å². The zero-order valence-corrected chi connectivity index (χ0v) is 11.3. The molecule has 0 aromatic carbocycles. The van der Waals surface area contributed by atoms with Crippen LogP contribution in [0.15, 0.2) is 6.33 Å². The van der Waals surface area contributed by atoms with E-state index in [-0.39, 0.29) is 5.91 Å². The number of aromatic nitrogens is 3. The first-order valence-electron chi connectivity index (χ1n) is 7.16. The first-order valence-corrected chi connectivity index (χ1v) is 7.16. The molecule has 3 N–H and O–H groups in total. The molecular weight excluding hydrogens is 242 g/mol. The van der Waals surface area contributed by atoms with Gasteiger partial charge in [0.25, 0.3) is 0 Å². The molecule has 6 heteroatoms. The van der Waals surface area contributed by atoms with Crippen molar-refractivity contribution in [1.82, 2.24) is 25.8 Å². The Morgan fingerprint density at radius 1 is 1.42 bits per heavy atom. The average Bonchev–Trinajstić information content (AvgIpc) is 2.96. The molecule has 0 aliphatic carbocycles. The number of amides is 1. The summed E-state index contributed by atoms with van der Waals surface area (Å²) in [6.45, 7) is 2.92. The third kappa shape index (κ3) is 5.38. The van der Waals surface area contributed by atoms with Crippen LogP contribution in [0.2, 0.25) is 0 Å². The molecule has 0 saturated carbocycles. The molecule has 1 aliphatic rings. The van der Waals surface area contributed by atoms with Crippen LogP contribution < -0.4 is 10.6 Å². The zero-order valence-electron chi connectivity index (χ0n) is 11.3. The number of piperidine rings is 1. The second-order valence-electron chi connectivity index (χ2n) is 5.12. The van der Waals surface area contributed by atoms with E-state index in [4.69, 9.17) is 0 Å². The second-order valence-corrected chi connectivity index (χ2v) is 5.12. The minimum Gasteiger partial charge on any atom is -0.356 e. The number of hydrogen-bond donors (Lipinski definition) is 3. The van der Waals surface area contributed by atoms with Crippen LogP contribution in [-0.4, -0.2) is 40.7 Å². The standard InChI is InChI=1S/C13H23N5O/c19-13(4-3-11-5-8-14-9-6-11)15-7-1-2-12-16-10-17-18-12/h10-11,14H,1-9H2,(H,15,19)(H,16,17,18). The van der Waals surface area contributed by atoms with Crippen LogP contribution in [0, 0.1) is 5.92 Å². The van der Waals surface area contributed by atoms with E-state index >= 15 is 0 Å². The summed E-state index contributed by atoms with van der Waals surface area (Å²) in [5.41, 5.74) is 0. The van der Waals surface area contributed by atoms with Crippen LogP contribution in [0.1, 0.15) is 37.9 Å². The molecule has 0 radical (unpaired) electrons. The fourth-order valence-corrected chi connectivity index (χ4v) is 2.43. The molecule has 0 unspecified atom stereocenters. The third-order valence-electron chi connectivity index (χ3n) is 3.62. The molecule has 0 spiro atoms. The van der Waals surface area contributed by atoms with Crippen molar-refractivity contribution in [1.29, 1.82) is 0 Å². The largest absolute Gasteiger partial charge is 0.356 e. The predicted molar refractivity (Wildman–Crippen MR) is 72.5 cm³/mol. The number of aryl methyl sites for hydroxylation is 1. The Balaban J connectivity index is 1.49. The summed E-state index contributed by atoms with van der Waals surface area (Å²) in [7, 11) is 0. The van der Waals surface area contributed by atoms with Gasteiger partial charge >= 0.3 is 0 Å². The number of nitrogens with one attached hydrogen (secondary N) is 3. The number of nitrogens with zero attached hydrogens (tertiary/aromatic N) is 2. The molecule has 1 aromatic rings. The van der Waals surface area contributed by atoms with Crippen molar-refractivity contribution >= 4 is 5.91 Å². The predicted octanol–water partition coefficient (Wildman–Crippen LogP) is 0.633. The van der Waals surface area contributed by atoms with Gasteiger partial charge in [-0.25, -0.2) is 4.98 Å². The maximum atomic E-state index is 11.7. The van der Waals surface area contributed by atoms with Crippen molar-refractivity contribution in [2.24, 2.45) is 5.92 Å². The van der Waals surface area contributed by atoms with E-state index in [1.165, 1.54) is 19.2 Å². The van der Waals surface area contributed by atoms with Gasteiger partial charge in [-0.15, -0.1) is 0 Å². The van der Waals surface area contributed by atoms with Crippen LogP contribution in [0.3, 0.4) is 0 Å². The van der Waals surface area contributed by atoms with Crippen LogP contribution in [-0.2, 0) is 11.2 Å². The van der Waals surface area contributed by atoms with Gasteiger partial charge in [0.1, 0.15) is 12.2 Å². The van der Waals surface area contributed by atoms with E-state index in [0.29, 0.717) is 13.0 Å². The van der Waals surface area contributed by atoms with Gasteiger partial charge in [0.2, 0.25) is 5.91 Å². The topological polar surface area (TPSA) is 82.7 Å². The maximum absolute atomic E-state index is 11.7. The highest BCUT2D eigenvalue weighted by atomic mass is 16.1.